The Hall–Kier alpha value is -5.62. The van der Waals surface area contributed by atoms with Crippen molar-refractivity contribution in [1.82, 2.24) is 30.1 Å². The van der Waals surface area contributed by atoms with Crippen LogP contribution in [-0.2, 0) is 16.0 Å². The first-order valence-electron chi connectivity index (χ1n) is 15.5. The molecule has 3 heterocycles. The number of methoxy groups -OCH3 is 1. The lowest BCUT2D eigenvalue weighted by Crippen LogP contribution is -2.19. The second-order valence-corrected chi connectivity index (χ2v) is 12.3. The van der Waals surface area contributed by atoms with Crippen molar-refractivity contribution in [1.29, 1.82) is 0 Å². The molecule has 52 heavy (non-hydrogen) atoms. The van der Waals surface area contributed by atoms with Crippen LogP contribution >= 0.6 is 34.8 Å². The summed E-state index contributed by atoms with van der Waals surface area (Å²) in [5.41, 5.74) is 4.10. The fourth-order valence-electron chi connectivity index (χ4n) is 5.28. The minimum Gasteiger partial charge on any atom is -0.468 e. The predicted octanol–water partition coefficient (Wildman–Crippen LogP) is 8.86. The Morgan fingerprint density at radius 1 is 0.788 bits per heavy atom. The van der Waals surface area contributed by atoms with Crippen molar-refractivity contribution in [3.05, 3.63) is 170 Å². The number of H-pyrrole nitrogens is 1. The molecule has 0 saturated heterocycles. The van der Waals surface area contributed by atoms with Gasteiger partial charge in [0.1, 0.15) is 28.8 Å². The summed E-state index contributed by atoms with van der Waals surface area (Å²) in [6.07, 6.45) is 3.21. The van der Waals surface area contributed by atoms with E-state index < -0.39 is 23.5 Å². The number of carbonyl (C=O) groups is 2. The Kier molecular flexibility index (Phi) is 11.2. The highest BCUT2D eigenvalue weighted by Crippen LogP contribution is 2.31. The van der Waals surface area contributed by atoms with Crippen LogP contribution in [0.2, 0.25) is 15.2 Å². The number of esters is 1. The summed E-state index contributed by atoms with van der Waals surface area (Å²) in [6, 6.07) is 26.3. The molecule has 3 aromatic heterocycles. The van der Waals surface area contributed by atoms with Gasteiger partial charge in [0.25, 0.3) is 0 Å². The van der Waals surface area contributed by atoms with E-state index in [4.69, 9.17) is 39.5 Å². The largest absolute Gasteiger partial charge is 0.468 e. The molecule has 0 fully saturated rings. The second kappa shape index (κ2) is 16.2. The molecule has 0 bridgehead atoms. The minimum absolute atomic E-state index is 0.0534. The number of aromatic amines is 1. The molecular weight excluding hydrogens is 733 g/mol. The highest BCUT2D eigenvalue weighted by atomic mass is 35.5. The molecule has 0 aliphatic heterocycles. The number of benzene rings is 4. The molecule has 1 N–H and O–H groups in total. The molecule has 9 nitrogen and oxygen atoms in total. The number of nitrogens with one attached hydrogen (secondary N) is 1. The summed E-state index contributed by atoms with van der Waals surface area (Å²) in [4.78, 5) is 42.0. The van der Waals surface area contributed by atoms with Crippen molar-refractivity contribution in [2.24, 2.45) is 0 Å². The molecule has 7 rings (SSSR count). The molecule has 1 atom stereocenters. The van der Waals surface area contributed by atoms with Crippen LogP contribution in [0.1, 0.15) is 44.5 Å². The van der Waals surface area contributed by atoms with Gasteiger partial charge in [-0.05, 0) is 35.9 Å². The van der Waals surface area contributed by atoms with E-state index in [1.54, 1.807) is 48.7 Å². The van der Waals surface area contributed by atoms with E-state index in [9.17, 15) is 18.4 Å². The van der Waals surface area contributed by atoms with E-state index in [-0.39, 0.29) is 38.5 Å². The molecular formula is C38H25Cl3F2N6O3. The van der Waals surface area contributed by atoms with Crippen molar-refractivity contribution in [2.75, 3.05) is 7.11 Å². The summed E-state index contributed by atoms with van der Waals surface area (Å²) >= 11 is 18.4. The van der Waals surface area contributed by atoms with Gasteiger partial charge in [0.15, 0.2) is 5.15 Å². The summed E-state index contributed by atoms with van der Waals surface area (Å²) < 4.78 is 32.8. The number of hydrogen-bond acceptors (Lipinski definition) is 8. The molecule has 0 aliphatic carbocycles. The maximum atomic E-state index is 14.2. The lowest BCUT2D eigenvalue weighted by Gasteiger charge is -2.16. The molecule has 0 aliphatic rings. The van der Waals surface area contributed by atoms with Crippen molar-refractivity contribution in [3.8, 4) is 11.3 Å². The van der Waals surface area contributed by atoms with E-state index in [1.807, 2.05) is 24.3 Å². The van der Waals surface area contributed by atoms with Crippen LogP contribution in [-0.4, -0.2) is 49.0 Å². The molecule has 260 valence electrons. The first-order valence-corrected chi connectivity index (χ1v) is 16.6. The average Bonchev–Trinajstić information content (AvgIpc) is 3.57. The number of hydrogen-bond donors (Lipinski definition) is 1. The SMILES string of the molecule is COC(=O)C(c1cnc(C(=O)c2ccccc2Cl)c(Cl)n1)c1ccccc1F.Fc1ccccc1Cc1cnc2c(-c3ccccc3Cl)[nH]nc2n1. The van der Waals surface area contributed by atoms with Crippen LogP contribution in [0.25, 0.3) is 22.4 Å². The van der Waals surface area contributed by atoms with Crippen molar-refractivity contribution in [2.45, 2.75) is 12.3 Å². The van der Waals surface area contributed by atoms with Gasteiger partial charge in [0.05, 0.1) is 40.4 Å². The van der Waals surface area contributed by atoms with E-state index in [0.29, 0.717) is 33.9 Å². The standard InChI is InChI=1S/C20H13Cl2FN2O3.C18H12ClFN4/c1-28-20(27)16(12-7-3-5-9-14(12)23)15-10-24-17(19(22)25-15)18(26)11-6-2-4-8-13(11)21;19-14-7-3-2-6-13(14)16-17-18(24-23-16)22-12(10-21-17)9-11-5-1-4-8-15(11)20/h2-10,16H,1H3;1-8,10H,9H2,(H,22,23,24). The lowest BCUT2D eigenvalue weighted by molar-refractivity contribution is -0.141. The highest BCUT2D eigenvalue weighted by molar-refractivity contribution is 6.37. The molecule has 1 unspecified atom stereocenters. The number of halogens is 5. The van der Waals surface area contributed by atoms with E-state index >= 15 is 0 Å². The van der Waals surface area contributed by atoms with Gasteiger partial charge in [0, 0.05) is 29.3 Å². The molecule has 0 amide bonds. The third kappa shape index (κ3) is 7.81. The maximum Gasteiger partial charge on any atom is 0.319 e. The van der Waals surface area contributed by atoms with Gasteiger partial charge in [-0.3, -0.25) is 14.7 Å². The zero-order valence-corrected chi connectivity index (χ0v) is 29.3. The first kappa shape index (κ1) is 36.2. The smallest absolute Gasteiger partial charge is 0.319 e. The van der Waals surface area contributed by atoms with Crippen LogP contribution in [0.3, 0.4) is 0 Å². The van der Waals surface area contributed by atoms with Gasteiger partial charge in [-0.15, -0.1) is 0 Å². The second-order valence-electron chi connectivity index (χ2n) is 11.1. The Labute approximate surface area is 310 Å². The Morgan fingerprint density at radius 2 is 1.46 bits per heavy atom. The Bertz CT molecular complexity index is 2430. The number of ether oxygens (including phenoxy) is 1. The van der Waals surface area contributed by atoms with Crippen LogP contribution in [0.15, 0.2) is 109 Å². The van der Waals surface area contributed by atoms with Crippen LogP contribution < -0.4 is 0 Å². The van der Waals surface area contributed by atoms with Gasteiger partial charge >= 0.3 is 5.97 Å². The topological polar surface area (TPSA) is 124 Å². The zero-order valence-electron chi connectivity index (χ0n) is 27.0. The lowest BCUT2D eigenvalue weighted by atomic mass is 9.95. The van der Waals surface area contributed by atoms with Gasteiger partial charge in [-0.1, -0.05) is 102 Å². The fourth-order valence-corrected chi connectivity index (χ4v) is 5.97. The van der Waals surface area contributed by atoms with Gasteiger partial charge in [-0.2, -0.15) is 5.10 Å². The van der Waals surface area contributed by atoms with Gasteiger partial charge in [-0.25, -0.2) is 28.7 Å². The first-order chi connectivity index (χ1) is 25.2. The number of aromatic nitrogens is 6. The molecule has 7 aromatic rings. The summed E-state index contributed by atoms with van der Waals surface area (Å²) in [5, 5.41) is 7.78. The summed E-state index contributed by atoms with van der Waals surface area (Å²) in [5.74, 6) is -3.29. The van der Waals surface area contributed by atoms with Crippen molar-refractivity contribution >= 4 is 57.7 Å². The molecule has 0 saturated carbocycles. The molecule has 0 radical (unpaired) electrons. The monoisotopic (exact) mass is 756 g/mol. The van der Waals surface area contributed by atoms with Crippen molar-refractivity contribution in [3.63, 3.8) is 0 Å². The third-order valence-electron chi connectivity index (χ3n) is 7.82. The number of rotatable bonds is 8. The number of fused-ring (bicyclic) bond motifs is 1. The third-order valence-corrected chi connectivity index (χ3v) is 8.74. The van der Waals surface area contributed by atoms with Crippen LogP contribution in [0.4, 0.5) is 8.78 Å². The quantitative estimate of drug-likeness (QED) is 0.121. The Morgan fingerprint density at radius 3 is 2.15 bits per heavy atom. The van der Waals surface area contributed by atoms with E-state index in [2.05, 4.69) is 30.1 Å². The average molecular weight is 758 g/mol. The predicted molar refractivity (Wildman–Crippen MR) is 194 cm³/mol. The normalized spacial score (nSPS) is 11.4. The molecule has 0 spiro atoms. The maximum absolute atomic E-state index is 14.2. The zero-order chi connectivity index (χ0) is 36.8. The van der Waals surface area contributed by atoms with Gasteiger partial charge < -0.3 is 4.74 Å². The van der Waals surface area contributed by atoms with Gasteiger partial charge in [0.2, 0.25) is 11.4 Å². The van der Waals surface area contributed by atoms with E-state index in [1.165, 1.54) is 43.6 Å². The molecule has 14 heteroatoms. The fraction of sp³-hybridized carbons (Fsp3) is 0.0789. The summed E-state index contributed by atoms with van der Waals surface area (Å²) in [7, 11) is 1.18. The molecule has 4 aromatic carbocycles. The Balaban J connectivity index is 0.000000180. The summed E-state index contributed by atoms with van der Waals surface area (Å²) in [6.45, 7) is 0. The minimum atomic E-state index is -1.18. The number of ketones is 1. The number of carbonyl (C=O) groups excluding carboxylic acids is 2. The van der Waals surface area contributed by atoms with Crippen LogP contribution in [0.5, 0.6) is 0 Å². The van der Waals surface area contributed by atoms with E-state index in [0.717, 1.165) is 11.3 Å². The highest BCUT2D eigenvalue weighted by Gasteiger charge is 2.30. The number of nitrogens with zero attached hydrogens (tertiary/aromatic N) is 5. The van der Waals surface area contributed by atoms with Crippen LogP contribution in [0, 0.1) is 11.6 Å². The van der Waals surface area contributed by atoms with Crippen molar-refractivity contribution < 1.29 is 23.1 Å².